The number of tetrazole rings is 1. The summed E-state index contributed by atoms with van der Waals surface area (Å²) in [5.41, 5.74) is 0. The second-order valence-electron chi connectivity index (χ2n) is 3.38. The minimum absolute atomic E-state index is 0.380. The molecule has 5 nitrogen and oxygen atoms in total. The van der Waals surface area contributed by atoms with Crippen LogP contribution < -0.4 is 0 Å². The van der Waals surface area contributed by atoms with Crippen molar-refractivity contribution in [3.8, 4) is 0 Å². The van der Waals surface area contributed by atoms with Crippen molar-refractivity contribution < 1.29 is 4.74 Å². The fraction of sp³-hybridized carbons (Fsp3) is 0.875. The lowest BCUT2D eigenvalue weighted by Gasteiger charge is -2.21. The van der Waals surface area contributed by atoms with Gasteiger partial charge >= 0.3 is 0 Å². The van der Waals surface area contributed by atoms with Gasteiger partial charge in [0.1, 0.15) is 0 Å². The average Bonchev–Trinajstić information content (AvgIpc) is 2.63. The Labute approximate surface area is 87.2 Å². The monoisotopic (exact) mass is 214 g/mol. The number of nitrogens with zero attached hydrogens (tertiary/aromatic N) is 4. The molecule has 0 aromatic carbocycles. The van der Waals surface area contributed by atoms with Gasteiger partial charge < -0.3 is 4.74 Å². The van der Waals surface area contributed by atoms with E-state index < -0.39 is 0 Å². The summed E-state index contributed by atoms with van der Waals surface area (Å²) in [5.74, 6) is 0.953. The molecule has 1 unspecified atom stereocenters. The predicted octanol–water partition coefficient (Wildman–Crippen LogP) is 0.871. The third-order valence-corrected chi connectivity index (χ3v) is 3.40. The van der Waals surface area contributed by atoms with Gasteiger partial charge in [0.25, 0.3) is 0 Å². The SMILES string of the molecule is Cn1nnnc1SCC1CCCCO1. The van der Waals surface area contributed by atoms with Gasteiger partial charge in [0.2, 0.25) is 5.16 Å². The van der Waals surface area contributed by atoms with Crippen molar-refractivity contribution in [1.82, 2.24) is 20.2 Å². The zero-order valence-electron chi connectivity index (χ0n) is 8.22. The van der Waals surface area contributed by atoms with Crippen LogP contribution >= 0.6 is 11.8 Å². The summed E-state index contributed by atoms with van der Waals surface area (Å²) in [6.45, 7) is 0.905. The van der Waals surface area contributed by atoms with Crippen LogP contribution in [0.15, 0.2) is 5.16 Å². The first-order valence-corrected chi connectivity index (χ1v) is 5.81. The number of ether oxygens (including phenoxy) is 1. The Morgan fingerprint density at radius 1 is 1.57 bits per heavy atom. The molecule has 1 atom stereocenters. The van der Waals surface area contributed by atoms with Crippen LogP contribution in [0.3, 0.4) is 0 Å². The first-order valence-electron chi connectivity index (χ1n) is 4.83. The first-order chi connectivity index (χ1) is 6.86. The Morgan fingerprint density at radius 3 is 3.14 bits per heavy atom. The van der Waals surface area contributed by atoms with Gasteiger partial charge in [-0.05, 0) is 29.7 Å². The normalized spacial score (nSPS) is 22.5. The summed E-state index contributed by atoms with van der Waals surface area (Å²) in [4.78, 5) is 0. The molecule has 1 aromatic rings. The van der Waals surface area contributed by atoms with Gasteiger partial charge in [0, 0.05) is 19.4 Å². The minimum Gasteiger partial charge on any atom is -0.377 e. The molecule has 2 rings (SSSR count). The summed E-state index contributed by atoms with van der Waals surface area (Å²) < 4.78 is 7.31. The van der Waals surface area contributed by atoms with Crippen molar-refractivity contribution in [2.24, 2.45) is 7.05 Å². The Bertz CT molecular complexity index is 285. The van der Waals surface area contributed by atoms with Gasteiger partial charge in [-0.3, -0.25) is 0 Å². The Kier molecular flexibility index (Phi) is 3.36. The maximum Gasteiger partial charge on any atom is 0.209 e. The summed E-state index contributed by atoms with van der Waals surface area (Å²) >= 11 is 1.66. The van der Waals surface area contributed by atoms with Gasteiger partial charge in [0.15, 0.2) is 0 Å². The van der Waals surface area contributed by atoms with Crippen molar-refractivity contribution >= 4 is 11.8 Å². The van der Waals surface area contributed by atoms with E-state index in [0.29, 0.717) is 6.10 Å². The zero-order valence-corrected chi connectivity index (χ0v) is 9.03. The zero-order chi connectivity index (χ0) is 9.80. The van der Waals surface area contributed by atoms with Crippen molar-refractivity contribution in [3.05, 3.63) is 0 Å². The second-order valence-corrected chi connectivity index (χ2v) is 4.37. The Hall–Kier alpha value is -0.620. The minimum atomic E-state index is 0.380. The fourth-order valence-electron chi connectivity index (χ4n) is 1.45. The quantitative estimate of drug-likeness (QED) is 0.699. The topological polar surface area (TPSA) is 52.8 Å². The summed E-state index contributed by atoms with van der Waals surface area (Å²) in [5, 5.41) is 12.1. The van der Waals surface area contributed by atoms with Crippen LogP contribution in [0.4, 0.5) is 0 Å². The Balaban J connectivity index is 1.79. The van der Waals surface area contributed by atoms with E-state index in [2.05, 4.69) is 15.5 Å². The molecule has 1 fully saturated rings. The lowest BCUT2D eigenvalue weighted by molar-refractivity contribution is 0.0315. The number of rotatable bonds is 3. The molecule has 2 heterocycles. The van der Waals surface area contributed by atoms with E-state index in [4.69, 9.17) is 4.74 Å². The molecule has 1 aliphatic rings. The maximum absolute atomic E-state index is 5.62. The van der Waals surface area contributed by atoms with Crippen LogP contribution in [0.25, 0.3) is 0 Å². The molecule has 6 heteroatoms. The van der Waals surface area contributed by atoms with Crippen LogP contribution in [-0.2, 0) is 11.8 Å². The number of thioether (sulfide) groups is 1. The van der Waals surface area contributed by atoms with Gasteiger partial charge in [0.05, 0.1) is 6.10 Å². The average molecular weight is 214 g/mol. The molecule has 0 spiro atoms. The van der Waals surface area contributed by atoms with E-state index in [1.807, 2.05) is 7.05 Å². The molecular formula is C8H14N4OS. The highest BCUT2D eigenvalue weighted by Gasteiger charge is 2.15. The lowest BCUT2D eigenvalue weighted by Crippen LogP contribution is -2.21. The molecule has 0 bridgehead atoms. The van der Waals surface area contributed by atoms with Gasteiger partial charge in [-0.15, -0.1) is 5.10 Å². The fourth-order valence-corrected chi connectivity index (χ4v) is 2.37. The molecule has 1 aromatic heterocycles. The largest absolute Gasteiger partial charge is 0.377 e. The highest BCUT2D eigenvalue weighted by Crippen LogP contribution is 2.20. The maximum atomic E-state index is 5.62. The molecule has 0 saturated carbocycles. The van der Waals surface area contributed by atoms with Crippen LogP contribution in [-0.4, -0.2) is 38.7 Å². The highest BCUT2D eigenvalue weighted by atomic mass is 32.2. The molecule has 0 amide bonds. The highest BCUT2D eigenvalue weighted by molar-refractivity contribution is 7.99. The Morgan fingerprint density at radius 2 is 2.50 bits per heavy atom. The number of aromatic nitrogens is 4. The van der Waals surface area contributed by atoms with E-state index in [0.717, 1.165) is 23.9 Å². The van der Waals surface area contributed by atoms with E-state index in [9.17, 15) is 0 Å². The van der Waals surface area contributed by atoms with Gasteiger partial charge in [-0.1, -0.05) is 11.8 Å². The summed E-state index contributed by atoms with van der Waals surface area (Å²) in [6, 6.07) is 0. The molecule has 1 saturated heterocycles. The standard InChI is InChI=1S/C8H14N4OS/c1-12-8(9-10-11-12)14-6-7-4-2-3-5-13-7/h7H,2-6H2,1H3. The van der Waals surface area contributed by atoms with E-state index >= 15 is 0 Å². The van der Waals surface area contributed by atoms with Crippen molar-refractivity contribution in [1.29, 1.82) is 0 Å². The summed E-state index contributed by atoms with van der Waals surface area (Å²) in [6.07, 6.45) is 4.03. The molecule has 1 aliphatic heterocycles. The third-order valence-electron chi connectivity index (χ3n) is 2.25. The van der Waals surface area contributed by atoms with Crippen molar-refractivity contribution in [2.45, 2.75) is 30.5 Å². The number of hydrogen-bond donors (Lipinski definition) is 0. The van der Waals surface area contributed by atoms with E-state index in [1.54, 1.807) is 16.4 Å². The van der Waals surface area contributed by atoms with Crippen molar-refractivity contribution in [3.63, 3.8) is 0 Å². The van der Waals surface area contributed by atoms with Crippen LogP contribution in [0.1, 0.15) is 19.3 Å². The van der Waals surface area contributed by atoms with Crippen LogP contribution in [0.5, 0.6) is 0 Å². The smallest absolute Gasteiger partial charge is 0.209 e. The van der Waals surface area contributed by atoms with Crippen LogP contribution in [0, 0.1) is 0 Å². The second kappa shape index (κ2) is 4.75. The first kappa shape index (κ1) is 9.92. The molecule has 0 radical (unpaired) electrons. The molecule has 78 valence electrons. The molecular weight excluding hydrogens is 200 g/mol. The third kappa shape index (κ3) is 2.45. The van der Waals surface area contributed by atoms with E-state index in [-0.39, 0.29) is 0 Å². The molecule has 0 N–H and O–H groups in total. The van der Waals surface area contributed by atoms with Crippen LogP contribution in [0.2, 0.25) is 0 Å². The number of aryl methyl sites for hydroxylation is 1. The molecule has 14 heavy (non-hydrogen) atoms. The van der Waals surface area contributed by atoms with Crippen molar-refractivity contribution in [2.75, 3.05) is 12.4 Å². The predicted molar refractivity (Wildman–Crippen MR) is 53.1 cm³/mol. The molecule has 0 aliphatic carbocycles. The number of hydrogen-bond acceptors (Lipinski definition) is 5. The summed E-state index contributed by atoms with van der Waals surface area (Å²) in [7, 11) is 1.85. The van der Waals surface area contributed by atoms with E-state index in [1.165, 1.54) is 12.8 Å². The lowest BCUT2D eigenvalue weighted by atomic mass is 10.1. The van der Waals surface area contributed by atoms with Gasteiger partial charge in [-0.2, -0.15) is 0 Å². The van der Waals surface area contributed by atoms with Gasteiger partial charge in [-0.25, -0.2) is 4.68 Å².